The van der Waals surface area contributed by atoms with Gasteiger partial charge in [-0.2, -0.15) is 0 Å². The number of aryl methyl sites for hydroxylation is 2. The Bertz CT molecular complexity index is 965. The molecule has 3 atom stereocenters. The zero-order valence-electron chi connectivity index (χ0n) is 17.4. The van der Waals surface area contributed by atoms with E-state index < -0.39 is 11.4 Å². The van der Waals surface area contributed by atoms with E-state index in [0.717, 1.165) is 49.0 Å². The van der Waals surface area contributed by atoms with Crippen molar-refractivity contribution in [3.05, 3.63) is 56.8 Å². The third-order valence-corrected chi connectivity index (χ3v) is 8.43. The van der Waals surface area contributed by atoms with Gasteiger partial charge in [0.25, 0.3) is 0 Å². The van der Waals surface area contributed by atoms with Crippen molar-refractivity contribution in [2.45, 2.75) is 64.7 Å². The first kappa shape index (κ1) is 20.1. The molecule has 2 aliphatic carbocycles. The molecule has 4 rings (SSSR count). The van der Waals surface area contributed by atoms with Crippen LogP contribution in [0.4, 0.5) is 0 Å². The smallest absolute Gasteiger partial charge is 0.309 e. The van der Waals surface area contributed by atoms with Gasteiger partial charge in [-0.15, -0.1) is 11.3 Å². The van der Waals surface area contributed by atoms with Gasteiger partial charge in [0.1, 0.15) is 5.71 Å². The summed E-state index contributed by atoms with van der Waals surface area (Å²) in [6, 6.07) is 8.43. The Morgan fingerprint density at radius 1 is 1.31 bits per heavy atom. The predicted molar refractivity (Wildman–Crippen MR) is 116 cm³/mol. The van der Waals surface area contributed by atoms with Crippen molar-refractivity contribution >= 4 is 23.0 Å². The standard InChI is InChI=1S/C24H29NO3S/c1-4-15-13-16-8-9-20-23(2,10-6-11-24(20,3)22(26)27)18(16)14-17(15)21(25-28)19-7-5-12-29-19/h5,7,12-14,20,28H,4,6,8-11H2,1-3H3,(H,26,27)/t20-,23-,24-/m1/s1. The van der Waals surface area contributed by atoms with Crippen LogP contribution in [0.5, 0.6) is 0 Å². The molecule has 29 heavy (non-hydrogen) atoms. The number of oxime groups is 1. The fraction of sp³-hybridized carbons (Fsp3) is 0.500. The van der Waals surface area contributed by atoms with E-state index in [1.54, 1.807) is 11.3 Å². The maximum Gasteiger partial charge on any atom is 0.309 e. The van der Waals surface area contributed by atoms with Gasteiger partial charge in [-0.05, 0) is 84.6 Å². The molecular formula is C24H29NO3S. The molecule has 0 saturated heterocycles. The molecule has 1 heterocycles. The van der Waals surface area contributed by atoms with Crippen LogP contribution in [0.3, 0.4) is 0 Å². The van der Waals surface area contributed by atoms with Gasteiger partial charge in [0, 0.05) is 5.56 Å². The van der Waals surface area contributed by atoms with Crippen LogP contribution in [-0.2, 0) is 23.1 Å². The molecule has 1 aromatic heterocycles. The van der Waals surface area contributed by atoms with E-state index in [-0.39, 0.29) is 11.3 Å². The van der Waals surface area contributed by atoms with Crippen molar-refractivity contribution in [1.29, 1.82) is 0 Å². The topological polar surface area (TPSA) is 69.9 Å². The van der Waals surface area contributed by atoms with Crippen LogP contribution in [0.1, 0.15) is 73.6 Å². The van der Waals surface area contributed by atoms with Gasteiger partial charge in [-0.3, -0.25) is 4.79 Å². The number of fused-ring (bicyclic) bond motifs is 3. The molecule has 4 nitrogen and oxygen atoms in total. The summed E-state index contributed by atoms with van der Waals surface area (Å²) < 4.78 is 0. The van der Waals surface area contributed by atoms with Crippen LogP contribution >= 0.6 is 11.3 Å². The highest BCUT2D eigenvalue weighted by molar-refractivity contribution is 7.12. The largest absolute Gasteiger partial charge is 0.481 e. The van der Waals surface area contributed by atoms with Crippen molar-refractivity contribution in [3.8, 4) is 0 Å². The molecule has 1 aromatic carbocycles. The van der Waals surface area contributed by atoms with Crippen molar-refractivity contribution < 1.29 is 15.1 Å². The number of carbonyl (C=O) groups is 1. The summed E-state index contributed by atoms with van der Waals surface area (Å²) in [6.07, 6.45) is 5.36. The van der Waals surface area contributed by atoms with Gasteiger partial charge in [-0.25, -0.2) is 0 Å². The third-order valence-electron chi connectivity index (χ3n) is 7.56. The molecular weight excluding hydrogens is 382 g/mol. The van der Waals surface area contributed by atoms with Crippen LogP contribution in [0, 0.1) is 11.3 Å². The molecule has 1 saturated carbocycles. The van der Waals surface area contributed by atoms with E-state index in [1.165, 1.54) is 16.7 Å². The summed E-state index contributed by atoms with van der Waals surface area (Å²) in [5.41, 5.74) is 4.51. The molecule has 0 amide bonds. The monoisotopic (exact) mass is 411 g/mol. The van der Waals surface area contributed by atoms with Gasteiger partial charge in [0.15, 0.2) is 0 Å². The Hall–Kier alpha value is -2.14. The van der Waals surface area contributed by atoms with E-state index >= 15 is 0 Å². The third kappa shape index (κ3) is 3.02. The van der Waals surface area contributed by atoms with Gasteiger partial charge >= 0.3 is 5.97 Å². The average molecular weight is 412 g/mol. The maximum atomic E-state index is 12.2. The first-order chi connectivity index (χ1) is 13.8. The number of nitrogens with zero attached hydrogens (tertiary/aromatic N) is 1. The summed E-state index contributed by atoms with van der Waals surface area (Å²) in [7, 11) is 0. The zero-order chi connectivity index (χ0) is 20.8. The van der Waals surface area contributed by atoms with Crippen molar-refractivity contribution in [2.75, 3.05) is 0 Å². The van der Waals surface area contributed by atoms with Crippen LogP contribution in [0.25, 0.3) is 0 Å². The second-order valence-electron chi connectivity index (χ2n) is 9.03. The highest BCUT2D eigenvalue weighted by Gasteiger charge is 2.55. The summed E-state index contributed by atoms with van der Waals surface area (Å²) in [4.78, 5) is 13.2. The number of thiophene rings is 1. The summed E-state index contributed by atoms with van der Waals surface area (Å²) in [6.45, 7) is 6.33. The van der Waals surface area contributed by atoms with Gasteiger partial charge in [-0.1, -0.05) is 37.6 Å². The molecule has 0 unspecified atom stereocenters. The number of rotatable bonds is 4. The molecule has 154 valence electrons. The number of benzene rings is 1. The number of aliphatic carboxylic acids is 1. The van der Waals surface area contributed by atoms with Crippen molar-refractivity contribution in [3.63, 3.8) is 0 Å². The molecule has 0 bridgehead atoms. The molecule has 0 spiro atoms. The first-order valence-electron chi connectivity index (χ1n) is 10.5. The molecule has 0 radical (unpaired) electrons. The fourth-order valence-electron chi connectivity index (χ4n) is 5.99. The van der Waals surface area contributed by atoms with Crippen molar-refractivity contribution in [2.24, 2.45) is 16.5 Å². The van der Waals surface area contributed by atoms with E-state index in [4.69, 9.17) is 0 Å². The lowest BCUT2D eigenvalue weighted by atomic mass is 9.49. The lowest BCUT2D eigenvalue weighted by molar-refractivity contribution is -0.157. The van der Waals surface area contributed by atoms with Crippen LogP contribution in [-0.4, -0.2) is 22.0 Å². The van der Waals surface area contributed by atoms with E-state index in [0.29, 0.717) is 5.71 Å². The minimum Gasteiger partial charge on any atom is -0.481 e. The number of hydrogen-bond donors (Lipinski definition) is 2. The maximum absolute atomic E-state index is 12.2. The van der Waals surface area contributed by atoms with Gasteiger partial charge < -0.3 is 10.3 Å². The molecule has 5 heteroatoms. The van der Waals surface area contributed by atoms with Crippen LogP contribution in [0.15, 0.2) is 34.8 Å². The molecule has 0 aliphatic heterocycles. The molecule has 2 aromatic rings. The number of carboxylic acids is 1. The van der Waals surface area contributed by atoms with Crippen molar-refractivity contribution in [1.82, 2.24) is 0 Å². The summed E-state index contributed by atoms with van der Waals surface area (Å²) >= 11 is 1.56. The number of hydrogen-bond acceptors (Lipinski definition) is 4. The second-order valence-corrected chi connectivity index (χ2v) is 9.98. The summed E-state index contributed by atoms with van der Waals surface area (Å²) in [5, 5.41) is 25.5. The fourth-order valence-corrected chi connectivity index (χ4v) is 6.71. The Balaban J connectivity index is 1.89. The normalized spacial score (nSPS) is 29.2. The Labute approximate surface area is 176 Å². The average Bonchev–Trinajstić information content (AvgIpc) is 3.22. The van der Waals surface area contributed by atoms with E-state index in [1.807, 2.05) is 24.4 Å². The Morgan fingerprint density at radius 3 is 2.72 bits per heavy atom. The van der Waals surface area contributed by atoms with E-state index in [9.17, 15) is 15.1 Å². The van der Waals surface area contributed by atoms with Gasteiger partial charge in [0.2, 0.25) is 0 Å². The lowest BCUT2D eigenvalue weighted by Crippen LogP contribution is -2.52. The highest BCUT2D eigenvalue weighted by atomic mass is 32.1. The van der Waals surface area contributed by atoms with Gasteiger partial charge in [0.05, 0.1) is 10.3 Å². The first-order valence-corrected chi connectivity index (χ1v) is 11.4. The molecule has 2 aliphatic rings. The highest BCUT2D eigenvalue weighted by Crippen LogP contribution is 2.57. The predicted octanol–water partition coefficient (Wildman–Crippen LogP) is 5.63. The van der Waals surface area contributed by atoms with Crippen LogP contribution in [0.2, 0.25) is 0 Å². The minimum absolute atomic E-state index is 0.116. The summed E-state index contributed by atoms with van der Waals surface area (Å²) in [5.74, 6) is -0.552. The number of carboxylic acid groups (broad SMARTS) is 1. The quantitative estimate of drug-likeness (QED) is 0.389. The Morgan fingerprint density at radius 2 is 2.10 bits per heavy atom. The Kier molecular flexibility index (Phi) is 5.06. The molecule has 1 fully saturated rings. The van der Waals surface area contributed by atoms with E-state index in [2.05, 4.69) is 31.1 Å². The SMILES string of the molecule is CCc1cc2c(cc1C(=NO)c1cccs1)[C@@]1(C)CCC[C@@](C)(C(=O)O)[C@@H]1CC2. The molecule has 2 N–H and O–H groups in total. The second kappa shape index (κ2) is 7.28. The zero-order valence-corrected chi connectivity index (χ0v) is 18.2. The lowest BCUT2D eigenvalue weighted by Gasteiger charge is -2.53. The minimum atomic E-state index is -0.685. The van der Waals surface area contributed by atoms with Crippen LogP contribution < -0.4 is 0 Å².